The summed E-state index contributed by atoms with van der Waals surface area (Å²) in [4.78, 5) is 27.7. The zero-order chi connectivity index (χ0) is 22.7. The fraction of sp³-hybridized carbons (Fsp3) is 0.440. The third kappa shape index (κ3) is 3.40. The molecule has 6 heterocycles. The molecule has 8 heteroatoms. The Hall–Kier alpha value is -3.26. The fourth-order valence-corrected chi connectivity index (χ4v) is 5.45. The molecule has 1 unspecified atom stereocenters. The minimum Gasteiger partial charge on any atom is -0.367 e. The maximum absolute atomic E-state index is 13.2. The molecular weight excluding hydrogens is 414 g/mol. The van der Waals surface area contributed by atoms with Crippen molar-refractivity contribution in [1.29, 1.82) is 0 Å². The van der Waals surface area contributed by atoms with Crippen LogP contribution in [0.3, 0.4) is 0 Å². The number of hydrogen-bond acceptors (Lipinski definition) is 6. The van der Waals surface area contributed by atoms with Gasteiger partial charge in [0.2, 0.25) is 0 Å². The van der Waals surface area contributed by atoms with E-state index in [1.807, 2.05) is 36.8 Å². The van der Waals surface area contributed by atoms with Crippen molar-refractivity contribution in [2.75, 3.05) is 31.1 Å². The van der Waals surface area contributed by atoms with Crippen molar-refractivity contribution in [3.63, 3.8) is 0 Å². The van der Waals surface area contributed by atoms with Crippen LogP contribution in [0.1, 0.15) is 36.7 Å². The fourth-order valence-electron chi connectivity index (χ4n) is 5.45. The molecule has 0 aromatic carbocycles. The average molecular weight is 444 g/mol. The number of nitrogens with zero attached hydrogens (tertiary/aromatic N) is 7. The van der Waals surface area contributed by atoms with Gasteiger partial charge in [0.15, 0.2) is 0 Å². The molecular formula is C25H29N7O. The minimum absolute atomic E-state index is 0.0819. The summed E-state index contributed by atoms with van der Waals surface area (Å²) >= 11 is 0. The van der Waals surface area contributed by atoms with E-state index in [4.69, 9.17) is 10.1 Å². The largest absolute Gasteiger partial charge is 0.367 e. The molecule has 170 valence electrons. The van der Waals surface area contributed by atoms with E-state index >= 15 is 0 Å². The van der Waals surface area contributed by atoms with Gasteiger partial charge in [0.05, 0.1) is 34.5 Å². The summed E-state index contributed by atoms with van der Waals surface area (Å²) in [5.41, 5.74) is 6.86. The number of aromatic nitrogens is 5. The van der Waals surface area contributed by atoms with Gasteiger partial charge in [-0.3, -0.25) is 19.1 Å². The standard InChI is InChI=1S/C25H29N7O/c1-4-20-23-11-22(28-32(23)13-17(3)26-20)21-12-24(33)31-15-19(10-16(2)25(31)27-21)30-9-8-29-7-5-6-18(29)14-30/h10-13,15,18H,4-9,14H2,1-3H3. The lowest BCUT2D eigenvalue weighted by Crippen LogP contribution is -2.50. The highest BCUT2D eigenvalue weighted by Gasteiger charge is 2.31. The van der Waals surface area contributed by atoms with Crippen molar-refractivity contribution in [1.82, 2.24) is 28.9 Å². The van der Waals surface area contributed by atoms with Gasteiger partial charge < -0.3 is 4.90 Å². The summed E-state index contributed by atoms with van der Waals surface area (Å²) in [6.45, 7) is 10.4. The summed E-state index contributed by atoms with van der Waals surface area (Å²) < 4.78 is 3.53. The lowest BCUT2D eigenvalue weighted by atomic mass is 10.1. The summed E-state index contributed by atoms with van der Waals surface area (Å²) in [6.07, 6.45) is 7.24. The van der Waals surface area contributed by atoms with E-state index in [1.54, 1.807) is 10.5 Å². The van der Waals surface area contributed by atoms with E-state index in [0.29, 0.717) is 23.1 Å². The molecule has 2 aliphatic rings. The van der Waals surface area contributed by atoms with Crippen molar-refractivity contribution in [3.8, 4) is 11.4 Å². The molecule has 2 fully saturated rings. The summed E-state index contributed by atoms with van der Waals surface area (Å²) in [5, 5.41) is 4.70. The van der Waals surface area contributed by atoms with Crippen LogP contribution in [-0.4, -0.2) is 61.1 Å². The van der Waals surface area contributed by atoms with Gasteiger partial charge in [-0.2, -0.15) is 5.10 Å². The monoisotopic (exact) mass is 443 g/mol. The average Bonchev–Trinajstić information content (AvgIpc) is 3.45. The SMILES string of the molecule is CCc1nc(C)cn2nc(-c3cc(=O)n4cc(N5CCN6CCCC6C5)cc(C)c4n3)cc12. The number of aryl methyl sites for hydroxylation is 3. The lowest BCUT2D eigenvalue weighted by Gasteiger charge is -2.39. The smallest absolute Gasteiger partial charge is 0.258 e. The molecule has 33 heavy (non-hydrogen) atoms. The summed E-state index contributed by atoms with van der Waals surface area (Å²) in [5.74, 6) is 0. The van der Waals surface area contributed by atoms with Gasteiger partial charge >= 0.3 is 0 Å². The first kappa shape index (κ1) is 20.4. The van der Waals surface area contributed by atoms with Gasteiger partial charge in [0.1, 0.15) is 11.3 Å². The van der Waals surface area contributed by atoms with Crippen LogP contribution in [0.15, 0.2) is 35.4 Å². The van der Waals surface area contributed by atoms with Crippen molar-refractivity contribution < 1.29 is 0 Å². The third-order valence-electron chi connectivity index (χ3n) is 7.13. The number of fused-ring (bicyclic) bond motifs is 3. The molecule has 4 aromatic rings. The first-order chi connectivity index (χ1) is 16.0. The zero-order valence-electron chi connectivity index (χ0n) is 19.5. The minimum atomic E-state index is -0.0819. The molecule has 2 saturated heterocycles. The van der Waals surface area contributed by atoms with Crippen LogP contribution in [0.2, 0.25) is 0 Å². The van der Waals surface area contributed by atoms with Crippen LogP contribution in [0.25, 0.3) is 22.6 Å². The molecule has 0 N–H and O–H groups in total. The molecule has 0 radical (unpaired) electrons. The van der Waals surface area contributed by atoms with Gasteiger partial charge in [-0.1, -0.05) is 6.92 Å². The highest BCUT2D eigenvalue weighted by Crippen LogP contribution is 2.27. The summed E-state index contributed by atoms with van der Waals surface area (Å²) in [7, 11) is 0. The van der Waals surface area contributed by atoms with Crippen molar-refractivity contribution >= 4 is 16.9 Å². The van der Waals surface area contributed by atoms with Crippen LogP contribution in [0, 0.1) is 13.8 Å². The molecule has 4 aromatic heterocycles. The van der Waals surface area contributed by atoms with E-state index in [0.717, 1.165) is 54.2 Å². The van der Waals surface area contributed by atoms with Crippen LogP contribution in [0.5, 0.6) is 0 Å². The molecule has 0 aliphatic carbocycles. The van der Waals surface area contributed by atoms with Crippen LogP contribution < -0.4 is 10.5 Å². The number of hydrogen-bond donors (Lipinski definition) is 0. The second kappa shape index (κ2) is 7.66. The van der Waals surface area contributed by atoms with Crippen molar-refractivity contribution in [2.24, 2.45) is 0 Å². The predicted molar refractivity (Wildman–Crippen MR) is 129 cm³/mol. The normalized spacial score (nSPS) is 19.0. The molecule has 0 bridgehead atoms. The van der Waals surface area contributed by atoms with E-state index in [2.05, 4.69) is 27.8 Å². The van der Waals surface area contributed by atoms with E-state index in [-0.39, 0.29) is 5.56 Å². The molecule has 6 rings (SSSR count). The number of pyridine rings is 1. The summed E-state index contributed by atoms with van der Waals surface area (Å²) in [6, 6.07) is 6.38. The van der Waals surface area contributed by atoms with Gasteiger partial charge in [-0.25, -0.2) is 9.50 Å². The van der Waals surface area contributed by atoms with Gasteiger partial charge in [0, 0.05) is 37.9 Å². The molecule has 8 nitrogen and oxygen atoms in total. The Balaban J connectivity index is 1.41. The van der Waals surface area contributed by atoms with E-state index in [9.17, 15) is 4.79 Å². The first-order valence-corrected chi connectivity index (χ1v) is 11.9. The zero-order valence-corrected chi connectivity index (χ0v) is 19.5. The van der Waals surface area contributed by atoms with Gasteiger partial charge in [0.25, 0.3) is 5.56 Å². The van der Waals surface area contributed by atoms with Gasteiger partial charge in [-0.05, 0) is 57.4 Å². The Morgan fingerprint density at radius 3 is 2.76 bits per heavy atom. The molecule has 0 spiro atoms. The van der Waals surface area contributed by atoms with Crippen molar-refractivity contribution in [2.45, 2.75) is 46.1 Å². The quantitative estimate of drug-likeness (QED) is 0.485. The second-order valence-electron chi connectivity index (χ2n) is 9.37. The Morgan fingerprint density at radius 2 is 1.91 bits per heavy atom. The van der Waals surface area contributed by atoms with E-state index in [1.165, 1.54) is 19.4 Å². The maximum Gasteiger partial charge on any atom is 0.258 e. The lowest BCUT2D eigenvalue weighted by molar-refractivity contribution is 0.231. The predicted octanol–water partition coefficient (Wildman–Crippen LogP) is 2.87. The highest BCUT2D eigenvalue weighted by atomic mass is 16.1. The maximum atomic E-state index is 13.2. The van der Waals surface area contributed by atoms with Crippen LogP contribution in [-0.2, 0) is 6.42 Å². The first-order valence-electron chi connectivity index (χ1n) is 11.9. The highest BCUT2D eigenvalue weighted by molar-refractivity contribution is 5.67. The van der Waals surface area contributed by atoms with E-state index < -0.39 is 0 Å². The van der Waals surface area contributed by atoms with Gasteiger partial charge in [-0.15, -0.1) is 0 Å². The Kier molecular flexibility index (Phi) is 4.72. The number of anilines is 1. The van der Waals surface area contributed by atoms with Crippen molar-refractivity contribution in [3.05, 3.63) is 57.9 Å². The molecule has 0 saturated carbocycles. The number of rotatable bonds is 3. The second-order valence-corrected chi connectivity index (χ2v) is 9.37. The third-order valence-corrected chi connectivity index (χ3v) is 7.13. The Labute approximate surface area is 192 Å². The van der Waals surface area contributed by atoms with Crippen LogP contribution in [0.4, 0.5) is 5.69 Å². The molecule has 1 atom stereocenters. The molecule has 2 aliphatic heterocycles. The topological polar surface area (TPSA) is 71.0 Å². The number of piperazine rings is 1. The Morgan fingerprint density at radius 1 is 1.03 bits per heavy atom. The Bertz CT molecular complexity index is 1440. The van der Waals surface area contributed by atoms with Crippen LogP contribution >= 0.6 is 0 Å². The molecule has 0 amide bonds.